The maximum absolute atomic E-state index is 16.4. The molecule has 1 atom stereocenters. The second-order valence-corrected chi connectivity index (χ2v) is 12.8. The van der Waals surface area contributed by atoms with Crippen molar-refractivity contribution >= 4 is 17.7 Å². The SMILES string of the molecule is COCOCC(C)(C)C(=O)OCOc1nc([C@H](Cc2ccc(C(=N)NC(=O)c3ccccc3)cc2)c2cc(OC)cc(OCCO)c2F)nn1-c1ncccn1. The fraction of sp³-hybridized carbons (Fsp3) is 0.308. The van der Waals surface area contributed by atoms with Crippen LogP contribution in [0.3, 0.4) is 0 Å². The van der Waals surface area contributed by atoms with Gasteiger partial charge in [0.05, 0.1) is 31.7 Å². The van der Waals surface area contributed by atoms with Gasteiger partial charge >= 0.3 is 12.0 Å². The zero-order valence-corrected chi connectivity index (χ0v) is 31.2. The van der Waals surface area contributed by atoms with Crippen LogP contribution in [0, 0.1) is 16.6 Å². The van der Waals surface area contributed by atoms with Crippen molar-refractivity contribution in [2.45, 2.75) is 26.2 Å². The number of amidine groups is 1. The summed E-state index contributed by atoms with van der Waals surface area (Å²) in [6.45, 7) is 2.22. The third kappa shape index (κ3) is 10.5. The second-order valence-electron chi connectivity index (χ2n) is 12.8. The van der Waals surface area contributed by atoms with E-state index >= 15 is 4.39 Å². The number of halogens is 1. The van der Waals surface area contributed by atoms with Crippen LogP contribution in [-0.2, 0) is 25.4 Å². The van der Waals surface area contributed by atoms with Crippen LogP contribution in [0.15, 0.2) is 85.2 Å². The molecular weight excluding hydrogens is 729 g/mol. The van der Waals surface area contributed by atoms with Gasteiger partial charge in [-0.1, -0.05) is 42.5 Å². The third-order valence-corrected chi connectivity index (χ3v) is 8.20. The van der Waals surface area contributed by atoms with Gasteiger partial charge in [0.15, 0.2) is 17.4 Å². The summed E-state index contributed by atoms with van der Waals surface area (Å²) in [6, 6.07) is 19.6. The summed E-state index contributed by atoms with van der Waals surface area (Å²) >= 11 is 0. The van der Waals surface area contributed by atoms with Gasteiger partial charge in [-0.2, -0.15) is 4.98 Å². The standard InChI is InChI=1S/C39H42FN7O9/c1-39(2,22-53-23-51-3)36(50)55-24-56-38-45-34(46-47(38)37-42-15-8-16-43-37)30(29-20-28(52-4)21-31(32(29)40)54-18-17-48)19-25-11-13-26(14-12-25)33(41)44-35(49)27-9-6-5-7-10-27/h5-16,20-21,30,48H,17-19,22-24H2,1-4H3,(H2,41,44,49)/t30-/m1/s1. The molecule has 16 nitrogen and oxygen atoms in total. The molecule has 3 N–H and O–H groups in total. The van der Waals surface area contributed by atoms with E-state index < -0.39 is 35.8 Å². The van der Waals surface area contributed by atoms with Crippen LogP contribution in [-0.4, -0.2) is 95.2 Å². The molecule has 2 aromatic heterocycles. The number of carbonyl (C=O) groups is 2. The van der Waals surface area contributed by atoms with Crippen molar-refractivity contribution in [1.82, 2.24) is 30.0 Å². The van der Waals surface area contributed by atoms with Crippen molar-refractivity contribution in [2.75, 3.05) is 47.6 Å². The maximum Gasteiger partial charge on any atom is 0.325 e. The number of amides is 1. The fourth-order valence-corrected chi connectivity index (χ4v) is 5.31. The number of hydrogen-bond acceptors (Lipinski definition) is 14. The Morgan fingerprint density at radius 2 is 1.70 bits per heavy atom. The molecule has 2 heterocycles. The molecule has 0 spiro atoms. The number of benzene rings is 3. The molecule has 17 heteroatoms. The van der Waals surface area contributed by atoms with E-state index in [0.29, 0.717) is 16.7 Å². The average Bonchev–Trinajstić information content (AvgIpc) is 3.64. The Morgan fingerprint density at radius 1 is 0.964 bits per heavy atom. The minimum atomic E-state index is -1.03. The Kier molecular flexibility index (Phi) is 14.1. The lowest BCUT2D eigenvalue weighted by Crippen LogP contribution is -2.33. The van der Waals surface area contributed by atoms with Crippen molar-refractivity contribution in [3.8, 4) is 23.5 Å². The van der Waals surface area contributed by atoms with E-state index in [4.69, 9.17) is 33.8 Å². The van der Waals surface area contributed by atoms with Gasteiger partial charge in [0, 0.05) is 42.3 Å². The summed E-state index contributed by atoms with van der Waals surface area (Å²) in [5, 5.41) is 25.1. The minimum Gasteiger partial charge on any atom is -0.497 e. The lowest BCUT2D eigenvalue weighted by atomic mass is 9.90. The molecule has 5 aromatic rings. The van der Waals surface area contributed by atoms with Gasteiger partial charge in [0.25, 0.3) is 11.9 Å². The molecule has 0 radical (unpaired) electrons. The topological polar surface area (TPSA) is 202 Å². The van der Waals surface area contributed by atoms with E-state index in [9.17, 15) is 14.7 Å². The normalized spacial score (nSPS) is 11.8. The van der Waals surface area contributed by atoms with E-state index in [2.05, 4.69) is 25.4 Å². The number of aromatic nitrogens is 5. The van der Waals surface area contributed by atoms with Gasteiger partial charge in [-0.05, 0) is 50.1 Å². The highest BCUT2D eigenvalue weighted by molar-refractivity contribution is 6.11. The van der Waals surface area contributed by atoms with Gasteiger partial charge in [-0.15, -0.1) is 9.78 Å². The first-order valence-electron chi connectivity index (χ1n) is 17.3. The summed E-state index contributed by atoms with van der Waals surface area (Å²) in [4.78, 5) is 38.7. The van der Waals surface area contributed by atoms with Crippen molar-refractivity contribution in [2.24, 2.45) is 5.41 Å². The van der Waals surface area contributed by atoms with E-state index in [1.165, 1.54) is 43.4 Å². The molecule has 56 heavy (non-hydrogen) atoms. The molecule has 0 fully saturated rings. The molecule has 0 saturated heterocycles. The molecule has 0 aliphatic rings. The number of rotatable bonds is 19. The predicted octanol–water partition coefficient (Wildman–Crippen LogP) is 4.23. The number of esters is 1. The van der Waals surface area contributed by atoms with Gasteiger partial charge in [0.1, 0.15) is 25.0 Å². The van der Waals surface area contributed by atoms with Gasteiger partial charge in [-0.3, -0.25) is 15.0 Å². The van der Waals surface area contributed by atoms with E-state index in [1.807, 2.05) is 0 Å². The van der Waals surface area contributed by atoms with E-state index in [-0.39, 0.29) is 73.7 Å². The molecule has 3 aromatic carbocycles. The van der Waals surface area contributed by atoms with Crippen LogP contribution in [0.4, 0.5) is 4.39 Å². The molecule has 0 unspecified atom stereocenters. The average molecular weight is 772 g/mol. The van der Waals surface area contributed by atoms with Crippen LogP contribution in [0.5, 0.6) is 17.5 Å². The van der Waals surface area contributed by atoms with Crippen molar-refractivity contribution < 1.29 is 47.5 Å². The number of carbonyl (C=O) groups excluding carboxylic acids is 2. The predicted molar refractivity (Wildman–Crippen MR) is 198 cm³/mol. The van der Waals surface area contributed by atoms with Crippen molar-refractivity contribution in [1.29, 1.82) is 5.41 Å². The quantitative estimate of drug-likeness (QED) is 0.0354. The smallest absolute Gasteiger partial charge is 0.325 e. The number of ether oxygens (including phenoxy) is 6. The number of aliphatic hydroxyl groups is 1. The summed E-state index contributed by atoms with van der Waals surface area (Å²) in [7, 11) is 2.89. The Hall–Kier alpha value is -6.30. The molecule has 0 aliphatic carbocycles. The maximum atomic E-state index is 16.4. The molecule has 294 valence electrons. The number of nitrogens with one attached hydrogen (secondary N) is 2. The Balaban J connectivity index is 1.49. The van der Waals surface area contributed by atoms with E-state index in [1.54, 1.807) is 74.5 Å². The number of aliphatic hydroxyl groups excluding tert-OH is 1. The van der Waals surface area contributed by atoms with Crippen molar-refractivity contribution in [3.63, 3.8) is 0 Å². The first-order chi connectivity index (χ1) is 27.0. The number of hydrogen-bond donors (Lipinski definition) is 3. The molecule has 0 saturated carbocycles. The summed E-state index contributed by atoms with van der Waals surface area (Å²) in [6.07, 6.45) is 3.08. The number of methoxy groups -OCH3 is 2. The molecule has 1 amide bonds. The van der Waals surface area contributed by atoms with E-state index in [0.717, 1.165) is 0 Å². The molecule has 0 bridgehead atoms. The Labute approximate surface area is 322 Å². The molecule has 0 aliphatic heterocycles. The summed E-state index contributed by atoms with van der Waals surface area (Å²) in [5.41, 5.74) is 0.582. The first kappa shape index (κ1) is 40.9. The highest BCUT2D eigenvalue weighted by Crippen LogP contribution is 2.37. The Bertz CT molecular complexity index is 2080. The first-order valence-corrected chi connectivity index (χ1v) is 17.3. The van der Waals surface area contributed by atoms with Crippen LogP contribution >= 0.6 is 0 Å². The highest BCUT2D eigenvalue weighted by Gasteiger charge is 2.32. The van der Waals surface area contributed by atoms with Crippen LogP contribution in [0.25, 0.3) is 5.95 Å². The third-order valence-electron chi connectivity index (χ3n) is 8.20. The zero-order chi connectivity index (χ0) is 40.1. The largest absolute Gasteiger partial charge is 0.497 e. The molecular formula is C39H42FN7O9. The van der Waals surface area contributed by atoms with Gasteiger partial charge in [-0.25, -0.2) is 14.4 Å². The monoisotopic (exact) mass is 771 g/mol. The van der Waals surface area contributed by atoms with Crippen LogP contribution < -0.4 is 19.5 Å². The zero-order valence-electron chi connectivity index (χ0n) is 31.2. The number of nitrogens with zero attached hydrogens (tertiary/aromatic N) is 5. The minimum absolute atomic E-state index is 0.00109. The highest BCUT2D eigenvalue weighted by atomic mass is 19.1. The lowest BCUT2D eigenvalue weighted by Gasteiger charge is -2.21. The van der Waals surface area contributed by atoms with Crippen LogP contribution in [0.2, 0.25) is 0 Å². The molecule has 5 rings (SSSR count). The second kappa shape index (κ2) is 19.3. The summed E-state index contributed by atoms with van der Waals surface area (Å²) < 4.78 is 50.1. The van der Waals surface area contributed by atoms with Gasteiger partial charge < -0.3 is 38.8 Å². The van der Waals surface area contributed by atoms with Gasteiger partial charge in [0.2, 0.25) is 6.79 Å². The summed E-state index contributed by atoms with van der Waals surface area (Å²) in [5.74, 6) is -2.58. The lowest BCUT2D eigenvalue weighted by molar-refractivity contribution is -0.167. The fourth-order valence-electron chi connectivity index (χ4n) is 5.31. The Morgan fingerprint density at radius 3 is 2.38 bits per heavy atom. The van der Waals surface area contributed by atoms with Crippen LogP contribution in [0.1, 0.15) is 52.6 Å². The van der Waals surface area contributed by atoms with Crippen molar-refractivity contribution in [3.05, 3.63) is 119 Å².